The summed E-state index contributed by atoms with van der Waals surface area (Å²) in [6.07, 6.45) is 0. The Balaban J connectivity index is 1.93. The van der Waals surface area contributed by atoms with Crippen molar-refractivity contribution in [3.05, 3.63) is 60.2 Å². The molecule has 0 fully saturated rings. The highest BCUT2D eigenvalue weighted by Gasteiger charge is 2.20. The van der Waals surface area contributed by atoms with E-state index in [1.165, 1.54) is 35.6 Å². The molecule has 0 aliphatic rings. The van der Waals surface area contributed by atoms with Gasteiger partial charge in [0.25, 0.3) is 5.91 Å². The van der Waals surface area contributed by atoms with E-state index < -0.39 is 10.0 Å². The summed E-state index contributed by atoms with van der Waals surface area (Å²) in [6, 6.07) is 15.4. The highest BCUT2D eigenvalue weighted by atomic mass is 32.2. The lowest BCUT2D eigenvalue weighted by molar-refractivity contribution is -0.123. The maximum Gasteiger partial charge on any atom is 0.258 e. The Morgan fingerprint density at radius 2 is 1.74 bits per heavy atom. The molecule has 27 heavy (non-hydrogen) atoms. The summed E-state index contributed by atoms with van der Waals surface area (Å²) in [7, 11) is -0.526. The van der Waals surface area contributed by atoms with E-state index in [-0.39, 0.29) is 24.0 Å². The number of sulfonamides is 1. The SMILES string of the molecule is COCCNC(=O)COc1ccc(S(=O)(=O)N(C)Cc2ccccc2)cc1. The topological polar surface area (TPSA) is 84.9 Å². The first-order chi connectivity index (χ1) is 12.9. The molecule has 7 nitrogen and oxygen atoms in total. The van der Waals surface area contributed by atoms with E-state index in [1.54, 1.807) is 7.11 Å². The molecule has 8 heteroatoms. The molecule has 0 radical (unpaired) electrons. The van der Waals surface area contributed by atoms with Crippen LogP contribution in [0.25, 0.3) is 0 Å². The number of carbonyl (C=O) groups is 1. The molecule has 0 aliphatic carbocycles. The van der Waals surface area contributed by atoms with Crippen LogP contribution in [0.15, 0.2) is 59.5 Å². The second kappa shape index (κ2) is 10.1. The second-order valence-corrected chi connectivity index (χ2v) is 7.89. The Hall–Kier alpha value is -2.42. The highest BCUT2D eigenvalue weighted by Crippen LogP contribution is 2.20. The Morgan fingerprint density at radius 3 is 2.37 bits per heavy atom. The molecular weight excluding hydrogens is 368 g/mol. The zero-order valence-corrected chi connectivity index (χ0v) is 16.2. The van der Waals surface area contributed by atoms with Crippen LogP contribution in [0.2, 0.25) is 0 Å². The first kappa shape index (κ1) is 20.9. The third-order valence-electron chi connectivity index (χ3n) is 3.78. The maximum atomic E-state index is 12.7. The fraction of sp³-hybridized carbons (Fsp3) is 0.316. The van der Waals surface area contributed by atoms with Gasteiger partial charge in [0, 0.05) is 27.2 Å². The summed E-state index contributed by atoms with van der Waals surface area (Å²) in [5, 5.41) is 2.64. The number of hydrogen-bond acceptors (Lipinski definition) is 5. The minimum atomic E-state index is -3.62. The van der Waals surface area contributed by atoms with Crippen LogP contribution in [0.1, 0.15) is 5.56 Å². The summed E-state index contributed by atoms with van der Waals surface area (Å²) in [4.78, 5) is 11.8. The zero-order chi connectivity index (χ0) is 19.7. The van der Waals surface area contributed by atoms with Crippen molar-refractivity contribution >= 4 is 15.9 Å². The van der Waals surface area contributed by atoms with Crippen LogP contribution in [-0.2, 0) is 26.1 Å². The van der Waals surface area contributed by atoms with Gasteiger partial charge in [-0.05, 0) is 29.8 Å². The smallest absolute Gasteiger partial charge is 0.258 e. The molecule has 0 unspecified atom stereocenters. The van der Waals surface area contributed by atoms with E-state index in [1.807, 2.05) is 30.3 Å². The average Bonchev–Trinajstić information content (AvgIpc) is 2.67. The lowest BCUT2D eigenvalue weighted by Gasteiger charge is -2.17. The molecule has 2 aromatic rings. The van der Waals surface area contributed by atoms with Crippen molar-refractivity contribution < 1.29 is 22.7 Å². The number of benzene rings is 2. The Bertz CT molecular complexity index is 823. The van der Waals surface area contributed by atoms with Gasteiger partial charge in [0.05, 0.1) is 11.5 Å². The third kappa shape index (κ3) is 6.35. The molecule has 2 aromatic carbocycles. The molecule has 0 bridgehead atoms. The van der Waals surface area contributed by atoms with Crippen LogP contribution in [0.4, 0.5) is 0 Å². The van der Waals surface area contributed by atoms with Crippen LogP contribution in [-0.4, -0.2) is 52.5 Å². The highest BCUT2D eigenvalue weighted by molar-refractivity contribution is 7.89. The maximum absolute atomic E-state index is 12.7. The van der Waals surface area contributed by atoms with Gasteiger partial charge in [-0.1, -0.05) is 30.3 Å². The van der Waals surface area contributed by atoms with Gasteiger partial charge in [0.15, 0.2) is 6.61 Å². The molecule has 0 spiro atoms. The summed E-state index contributed by atoms with van der Waals surface area (Å²) in [6.45, 7) is 0.964. The van der Waals surface area contributed by atoms with Gasteiger partial charge in [-0.3, -0.25) is 4.79 Å². The summed E-state index contributed by atoms with van der Waals surface area (Å²) < 4.78 is 36.8. The van der Waals surface area contributed by atoms with Gasteiger partial charge in [0.1, 0.15) is 5.75 Å². The number of methoxy groups -OCH3 is 1. The van der Waals surface area contributed by atoms with Crippen molar-refractivity contribution in [1.29, 1.82) is 0 Å². The Morgan fingerprint density at radius 1 is 1.07 bits per heavy atom. The molecule has 0 atom stereocenters. The fourth-order valence-electron chi connectivity index (χ4n) is 2.31. The van der Waals surface area contributed by atoms with E-state index in [0.717, 1.165) is 5.56 Å². The van der Waals surface area contributed by atoms with Crippen molar-refractivity contribution in [3.63, 3.8) is 0 Å². The largest absolute Gasteiger partial charge is 0.484 e. The average molecular weight is 392 g/mol. The Kier molecular flexibility index (Phi) is 7.78. The summed E-state index contributed by atoms with van der Waals surface area (Å²) >= 11 is 0. The Labute approximate surface area is 160 Å². The van der Waals surface area contributed by atoms with E-state index in [2.05, 4.69) is 5.32 Å². The number of nitrogens with zero attached hydrogens (tertiary/aromatic N) is 1. The van der Waals surface area contributed by atoms with Crippen molar-refractivity contribution in [2.45, 2.75) is 11.4 Å². The van der Waals surface area contributed by atoms with Gasteiger partial charge in [0.2, 0.25) is 10.0 Å². The molecule has 146 valence electrons. The molecule has 1 N–H and O–H groups in total. The summed E-state index contributed by atoms with van der Waals surface area (Å²) in [5.41, 5.74) is 0.906. The molecule has 1 amide bonds. The molecule has 2 rings (SSSR count). The van der Waals surface area contributed by atoms with Gasteiger partial charge < -0.3 is 14.8 Å². The van der Waals surface area contributed by atoms with Gasteiger partial charge in [-0.25, -0.2) is 8.42 Å². The number of rotatable bonds is 10. The lowest BCUT2D eigenvalue weighted by Crippen LogP contribution is -2.31. The van der Waals surface area contributed by atoms with E-state index >= 15 is 0 Å². The van der Waals surface area contributed by atoms with Crippen molar-refractivity contribution in [2.75, 3.05) is 33.9 Å². The van der Waals surface area contributed by atoms with Crippen LogP contribution >= 0.6 is 0 Å². The first-order valence-corrected chi connectivity index (χ1v) is 9.86. The predicted octanol–water partition coefficient (Wildman–Crippen LogP) is 1.65. The number of carbonyl (C=O) groups excluding carboxylic acids is 1. The normalized spacial score (nSPS) is 11.4. The monoisotopic (exact) mass is 392 g/mol. The predicted molar refractivity (Wildman–Crippen MR) is 102 cm³/mol. The van der Waals surface area contributed by atoms with Crippen LogP contribution in [0.5, 0.6) is 5.75 Å². The minimum absolute atomic E-state index is 0.149. The van der Waals surface area contributed by atoms with E-state index in [4.69, 9.17) is 9.47 Å². The van der Waals surface area contributed by atoms with E-state index in [9.17, 15) is 13.2 Å². The molecule has 0 heterocycles. The second-order valence-electron chi connectivity index (χ2n) is 5.85. The van der Waals surface area contributed by atoms with Gasteiger partial charge in [-0.15, -0.1) is 0 Å². The number of nitrogens with one attached hydrogen (secondary N) is 1. The van der Waals surface area contributed by atoms with Gasteiger partial charge in [-0.2, -0.15) is 4.31 Å². The van der Waals surface area contributed by atoms with Crippen LogP contribution < -0.4 is 10.1 Å². The third-order valence-corrected chi connectivity index (χ3v) is 5.60. The van der Waals surface area contributed by atoms with E-state index in [0.29, 0.717) is 18.9 Å². The first-order valence-electron chi connectivity index (χ1n) is 8.42. The number of ether oxygens (including phenoxy) is 2. The quantitative estimate of drug-likeness (QED) is 0.622. The summed E-state index contributed by atoms with van der Waals surface area (Å²) in [5.74, 6) is 0.146. The van der Waals surface area contributed by atoms with Crippen molar-refractivity contribution in [3.8, 4) is 5.75 Å². The minimum Gasteiger partial charge on any atom is -0.484 e. The lowest BCUT2D eigenvalue weighted by atomic mass is 10.2. The number of hydrogen-bond donors (Lipinski definition) is 1. The molecular formula is C19H24N2O5S. The van der Waals surface area contributed by atoms with Crippen LogP contribution in [0.3, 0.4) is 0 Å². The standard InChI is InChI=1S/C19H24N2O5S/c1-21(14-16-6-4-3-5-7-16)27(23,24)18-10-8-17(9-11-18)26-15-19(22)20-12-13-25-2/h3-11H,12-15H2,1-2H3,(H,20,22). The fourth-order valence-corrected chi connectivity index (χ4v) is 3.46. The van der Waals surface area contributed by atoms with Crippen molar-refractivity contribution in [1.82, 2.24) is 9.62 Å². The number of amides is 1. The van der Waals surface area contributed by atoms with Crippen LogP contribution in [0, 0.1) is 0 Å². The molecule has 0 aliphatic heterocycles. The molecule has 0 aromatic heterocycles. The molecule has 0 saturated heterocycles. The van der Waals surface area contributed by atoms with Gasteiger partial charge >= 0.3 is 0 Å². The van der Waals surface area contributed by atoms with Crippen molar-refractivity contribution in [2.24, 2.45) is 0 Å². The zero-order valence-electron chi connectivity index (χ0n) is 15.4. The molecule has 0 saturated carbocycles.